The predicted molar refractivity (Wildman–Crippen MR) is 79.6 cm³/mol. The van der Waals surface area contributed by atoms with Crippen LogP contribution in [-0.2, 0) is 19.0 Å². The number of aryl methyl sites for hydroxylation is 1. The molecular formula is C14H24O6S. The Kier molecular flexibility index (Phi) is 11.1. The lowest BCUT2D eigenvalue weighted by Crippen LogP contribution is -2.11. The molecule has 0 atom stereocenters. The summed E-state index contributed by atoms with van der Waals surface area (Å²) in [7, 11) is -3.64. The Morgan fingerprint density at radius 2 is 1.57 bits per heavy atom. The van der Waals surface area contributed by atoms with Gasteiger partial charge < -0.3 is 14.9 Å². The van der Waals surface area contributed by atoms with Crippen LogP contribution in [0, 0.1) is 6.92 Å². The lowest BCUT2D eigenvalue weighted by atomic mass is 10.2. The Morgan fingerprint density at radius 1 is 1.00 bits per heavy atom. The van der Waals surface area contributed by atoms with Crippen LogP contribution < -0.4 is 0 Å². The van der Waals surface area contributed by atoms with E-state index < -0.39 is 10.1 Å². The highest BCUT2D eigenvalue weighted by molar-refractivity contribution is 7.86. The molecule has 0 aromatic heterocycles. The zero-order chi connectivity index (χ0) is 16.1. The van der Waals surface area contributed by atoms with Crippen LogP contribution in [0.1, 0.15) is 18.9 Å². The molecule has 21 heavy (non-hydrogen) atoms. The van der Waals surface area contributed by atoms with E-state index in [1.807, 2.05) is 13.8 Å². The molecule has 2 N–H and O–H groups in total. The Hall–Kier alpha value is -0.990. The molecule has 1 aromatic carbocycles. The van der Waals surface area contributed by atoms with E-state index in [0.29, 0.717) is 13.2 Å². The van der Waals surface area contributed by atoms with Crippen molar-refractivity contribution in [3.05, 3.63) is 29.8 Å². The summed E-state index contributed by atoms with van der Waals surface area (Å²) in [5, 5.41) is 15.2. The van der Waals surface area contributed by atoms with Gasteiger partial charge in [-0.3, -0.25) is 4.18 Å². The first-order valence-electron chi connectivity index (χ1n) is 6.73. The maximum atomic E-state index is 11.7. The molecule has 1 rings (SSSR count). The van der Waals surface area contributed by atoms with Crippen molar-refractivity contribution in [1.29, 1.82) is 0 Å². The Balaban J connectivity index is 0.000000885. The van der Waals surface area contributed by atoms with Gasteiger partial charge in [-0.2, -0.15) is 8.42 Å². The SMILES string of the molecule is CCCOCCOS(=O)(=O)c1ccc(C)cc1.OCCO. The van der Waals surface area contributed by atoms with Crippen LogP contribution in [0.5, 0.6) is 0 Å². The second kappa shape index (κ2) is 11.6. The first-order chi connectivity index (χ1) is 9.97. The maximum absolute atomic E-state index is 11.7. The number of aliphatic hydroxyl groups excluding tert-OH is 2. The number of benzene rings is 1. The summed E-state index contributed by atoms with van der Waals surface area (Å²) in [6, 6.07) is 6.56. The molecule has 122 valence electrons. The highest BCUT2D eigenvalue weighted by Gasteiger charge is 2.14. The van der Waals surface area contributed by atoms with E-state index in [9.17, 15) is 8.42 Å². The van der Waals surface area contributed by atoms with Crippen LogP contribution in [0.2, 0.25) is 0 Å². The van der Waals surface area contributed by atoms with Crippen molar-refractivity contribution in [3.8, 4) is 0 Å². The van der Waals surface area contributed by atoms with Crippen molar-refractivity contribution in [2.45, 2.75) is 25.2 Å². The molecule has 0 heterocycles. The zero-order valence-corrected chi connectivity index (χ0v) is 13.3. The summed E-state index contributed by atoms with van der Waals surface area (Å²) in [6.45, 7) is 4.60. The molecule has 0 aliphatic heterocycles. The largest absolute Gasteiger partial charge is 0.394 e. The zero-order valence-electron chi connectivity index (χ0n) is 12.5. The lowest BCUT2D eigenvalue weighted by molar-refractivity contribution is 0.103. The molecule has 0 fully saturated rings. The smallest absolute Gasteiger partial charge is 0.297 e. The Morgan fingerprint density at radius 3 is 2.05 bits per heavy atom. The Labute approximate surface area is 126 Å². The van der Waals surface area contributed by atoms with Crippen LogP contribution in [0.25, 0.3) is 0 Å². The molecular weight excluding hydrogens is 296 g/mol. The van der Waals surface area contributed by atoms with Gasteiger partial charge in [0.1, 0.15) is 0 Å². The fourth-order valence-electron chi connectivity index (χ4n) is 1.22. The van der Waals surface area contributed by atoms with Crippen LogP contribution in [-0.4, -0.2) is 51.7 Å². The van der Waals surface area contributed by atoms with Crippen molar-refractivity contribution in [2.24, 2.45) is 0 Å². The summed E-state index contributed by atoms with van der Waals surface area (Å²) in [6.07, 6.45) is 0.907. The van der Waals surface area contributed by atoms with Gasteiger partial charge in [0.05, 0.1) is 31.3 Å². The fraction of sp³-hybridized carbons (Fsp3) is 0.571. The van der Waals surface area contributed by atoms with Gasteiger partial charge >= 0.3 is 0 Å². The molecule has 0 unspecified atom stereocenters. The van der Waals surface area contributed by atoms with Gasteiger partial charge in [0.2, 0.25) is 0 Å². The van der Waals surface area contributed by atoms with Gasteiger partial charge in [0.15, 0.2) is 0 Å². The van der Waals surface area contributed by atoms with Gasteiger partial charge in [0, 0.05) is 6.61 Å². The van der Waals surface area contributed by atoms with Gasteiger partial charge in [0.25, 0.3) is 10.1 Å². The average Bonchev–Trinajstić information content (AvgIpc) is 2.47. The number of aliphatic hydroxyl groups is 2. The number of hydrogen-bond donors (Lipinski definition) is 2. The quantitative estimate of drug-likeness (QED) is 0.550. The summed E-state index contributed by atoms with van der Waals surface area (Å²) < 4.78 is 33.4. The van der Waals surface area contributed by atoms with E-state index in [2.05, 4.69) is 0 Å². The topological polar surface area (TPSA) is 93.1 Å². The van der Waals surface area contributed by atoms with Crippen molar-refractivity contribution in [1.82, 2.24) is 0 Å². The molecule has 0 radical (unpaired) electrons. The molecule has 0 aliphatic rings. The number of hydrogen-bond acceptors (Lipinski definition) is 6. The predicted octanol–water partition coefficient (Wildman–Crippen LogP) is 1.10. The minimum atomic E-state index is -3.64. The molecule has 6 nitrogen and oxygen atoms in total. The molecule has 0 saturated carbocycles. The van der Waals surface area contributed by atoms with Crippen molar-refractivity contribution in [3.63, 3.8) is 0 Å². The maximum Gasteiger partial charge on any atom is 0.297 e. The Bertz CT molecular complexity index is 453. The van der Waals surface area contributed by atoms with E-state index in [4.69, 9.17) is 19.1 Å². The highest BCUT2D eigenvalue weighted by atomic mass is 32.2. The van der Waals surface area contributed by atoms with Crippen LogP contribution in [0.15, 0.2) is 29.2 Å². The summed E-state index contributed by atoms with van der Waals surface area (Å²) in [5.74, 6) is 0. The average molecular weight is 320 g/mol. The number of ether oxygens (including phenoxy) is 1. The second-order valence-corrected chi connectivity index (χ2v) is 5.76. The van der Waals surface area contributed by atoms with Crippen molar-refractivity contribution in [2.75, 3.05) is 33.0 Å². The first kappa shape index (κ1) is 20.0. The molecule has 1 aromatic rings. The van der Waals surface area contributed by atoms with Crippen molar-refractivity contribution < 1.29 is 27.6 Å². The summed E-state index contributed by atoms with van der Waals surface area (Å²) in [4.78, 5) is 0.179. The van der Waals surface area contributed by atoms with Crippen LogP contribution in [0.4, 0.5) is 0 Å². The lowest BCUT2D eigenvalue weighted by Gasteiger charge is -2.06. The second-order valence-electron chi connectivity index (χ2n) is 4.15. The van der Waals surface area contributed by atoms with E-state index >= 15 is 0 Å². The van der Waals surface area contributed by atoms with Crippen molar-refractivity contribution >= 4 is 10.1 Å². The molecule has 0 spiro atoms. The minimum absolute atomic E-state index is 0.0518. The third kappa shape index (κ3) is 9.54. The normalized spacial score (nSPS) is 10.9. The van der Waals surface area contributed by atoms with E-state index in [-0.39, 0.29) is 24.7 Å². The van der Waals surface area contributed by atoms with E-state index in [0.717, 1.165) is 12.0 Å². The standard InChI is InChI=1S/C12H18O4S.C2H6O2/c1-3-8-15-9-10-16-17(13,14)12-6-4-11(2)5-7-12;3-1-2-4/h4-7H,3,8-10H2,1-2H3;3-4H,1-2H2. The van der Waals surface area contributed by atoms with E-state index in [1.54, 1.807) is 12.1 Å². The summed E-state index contributed by atoms with van der Waals surface area (Å²) in [5.41, 5.74) is 1.01. The van der Waals surface area contributed by atoms with Gasteiger partial charge in [-0.05, 0) is 25.5 Å². The molecule has 7 heteroatoms. The first-order valence-corrected chi connectivity index (χ1v) is 8.14. The molecule has 0 bridgehead atoms. The van der Waals surface area contributed by atoms with Gasteiger partial charge in [-0.25, -0.2) is 0 Å². The third-order valence-electron chi connectivity index (χ3n) is 2.22. The third-order valence-corrected chi connectivity index (χ3v) is 3.55. The van der Waals surface area contributed by atoms with Gasteiger partial charge in [-0.15, -0.1) is 0 Å². The number of rotatable bonds is 8. The van der Waals surface area contributed by atoms with Crippen LogP contribution >= 0.6 is 0 Å². The fourth-order valence-corrected chi connectivity index (χ4v) is 2.11. The molecule has 0 saturated heterocycles. The molecule has 0 amide bonds. The summed E-state index contributed by atoms with van der Waals surface area (Å²) >= 11 is 0. The highest BCUT2D eigenvalue weighted by Crippen LogP contribution is 2.12. The van der Waals surface area contributed by atoms with Crippen LogP contribution in [0.3, 0.4) is 0 Å². The minimum Gasteiger partial charge on any atom is -0.394 e. The van der Waals surface area contributed by atoms with E-state index in [1.165, 1.54) is 12.1 Å². The molecule has 0 aliphatic carbocycles. The monoisotopic (exact) mass is 320 g/mol. The van der Waals surface area contributed by atoms with Gasteiger partial charge in [-0.1, -0.05) is 24.6 Å².